The smallest absolute Gasteiger partial charge is 0.307 e. The van der Waals surface area contributed by atoms with E-state index in [-0.39, 0.29) is 24.7 Å². The van der Waals surface area contributed by atoms with Gasteiger partial charge in [-0.1, -0.05) is 40.2 Å². The lowest BCUT2D eigenvalue weighted by atomic mass is 10.0. The molecule has 2 rings (SSSR count). The molecule has 1 atom stereocenters. The van der Waals surface area contributed by atoms with Gasteiger partial charge in [-0.3, -0.25) is 14.4 Å². The first kappa shape index (κ1) is 20.6. The maximum absolute atomic E-state index is 12.5. The number of anilines is 1. The molecule has 0 aromatic heterocycles. The molecule has 142 valence electrons. The second-order valence-corrected chi connectivity index (χ2v) is 6.93. The Labute approximate surface area is 166 Å². The number of ether oxygens (including phenoxy) is 1. The SMILES string of the molecule is COC(=O)CC(NC(=O)Cc1ccc(NC(C)=O)cc1)c1cccc(Br)c1. The summed E-state index contributed by atoms with van der Waals surface area (Å²) in [4.78, 5) is 35.2. The highest BCUT2D eigenvalue weighted by molar-refractivity contribution is 9.10. The van der Waals surface area contributed by atoms with Crippen LogP contribution in [0.15, 0.2) is 53.0 Å². The van der Waals surface area contributed by atoms with E-state index in [1.165, 1.54) is 14.0 Å². The van der Waals surface area contributed by atoms with E-state index in [1.807, 2.05) is 24.3 Å². The van der Waals surface area contributed by atoms with Crippen molar-refractivity contribution in [1.29, 1.82) is 0 Å². The summed E-state index contributed by atoms with van der Waals surface area (Å²) in [5.74, 6) is -0.767. The van der Waals surface area contributed by atoms with Gasteiger partial charge >= 0.3 is 5.97 Å². The van der Waals surface area contributed by atoms with Gasteiger partial charge in [0.25, 0.3) is 0 Å². The molecule has 0 spiro atoms. The Hall–Kier alpha value is -2.67. The van der Waals surface area contributed by atoms with Crippen molar-refractivity contribution in [2.24, 2.45) is 0 Å². The summed E-state index contributed by atoms with van der Waals surface area (Å²) in [7, 11) is 1.32. The van der Waals surface area contributed by atoms with Crippen LogP contribution in [0.2, 0.25) is 0 Å². The van der Waals surface area contributed by atoms with Crippen LogP contribution in [0.5, 0.6) is 0 Å². The predicted octanol–water partition coefficient (Wildman–Crippen LogP) is 3.37. The summed E-state index contributed by atoms with van der Waals surface area (Å²) < 4.78 is 5.60. The van der Waals surface area contributed by atoms with E-state index in [9.17, 15) is 14.4 Å². The van der Waals surface area contributed by atoms with Gasteiger partial charge in [-0.05, 0) is 35.4 Å². The summed E-state index contributed by atoms with van der Waals surface area (Å²) in [6.45, 7) is 1.44. The van der Waals surface area contributed by atoms with Gasteiger partial charge in [0, 0.05) is 17.1 Å². The second kappa shape index (κ2) is 9.87. The Morgan fingerprint density at radius 2 is 1.81 bits per heavy atom. The van der Waals surface area contributed by atoms with Crippen LogP contribution in [0.1, 0.15) is 30.5 Å². The molecule has 27 heavy (non-hydrogen) atoms. The Kier molecular flexibility index (Phi) is 7.55. The molecule has 0 heterocycles. The van der Waals surface area contributed by atoms with E-state index >= 15 is 0 Å². The van der Waals surface area contributed by atoms with Crippen LogP contribution in [0.25, 0.3) is 0 Å². The van der Waals surface area contributed by atoms with Crippen LogP contribution in [0.4, 0.5) is 5.69 Å². The molecule has 0 aliphatic rings. The van der Waals surface area contributed by atoms with Crippen LogP contribution in [-0.2, 0) is 25.5 Å². The number of carbonyl (C=O) groups excluding carboxylic acids is 3. The molecule has 1 unspecified atom stereocenters. The van der Waals surface area contributed by atoms with Crippen LogP contribution >= 0.6 is 15.9 Å². The second-order valence-electron chi connectivity index (χ2n) is 6.01. The highest BCUT2D eigenvalue weighted by Crippen LogP contribution is 2.22. The van der Waals surface area contributed by atoms with Gasteiger partial charge in [-0.2, -0.15) is 0 Å². The molecule has 2 amide bonds. The first-order valence-corrected chi connectivity index (χ1v) is 9.15. The van der Waals surface area contributed by atoms with Crippen molar-refractivity contribution in [3.05, 3.63) is 64.1 Å². The lowest BCUT2D eigenvalue weighted by Gasteiger charge is -2.18. The number of hydrogen-bond donors (Lipinski definition) is 2. The molecule has 0 aliphatic carbocycles. The van der Waals surface area contributed by atoms with E-state index in [0.717, 1.165) is 15.6 Å². The van der Waals surface area contributed by atoms with Gasteiger partial charge in [0.2, 0.25) is 11.8 Å². The predicted molar refractivity (Wildman–Crippen MR) is 106 cm³/mol. The number of carbonyl (C=O) groups is 3. The van der Waals surface area contributed by atoms with E-state index in [2.05, 4.69) is 26.6 Å². The monoisotopic (exact) mass is 432 g/mol. The van der Waals surface area contributed by atoms with E-state index in [0.29, 0.717) is 5.69 Å². The van der Waals surface area contributed by atoms with E-state index < -0.39 is 12.0 Å². The molecule has 0 radical (unpaired) electrons. The minimum absolute atomic E-state index is 0.0418. The van der Waals surface area contributed by atoms with E-state index in [4.69, 9.17) is 4.74 Å². The van der Waals surface area contributed by atoms with Crippen LogP contribution in [-0.4, -0.2) is 24.9 Å². The Morgan fingerprint density at radius 3 is 2.41 bits per heavy atom. The van der Waals surface area contributed by atoms with Crippen molar-refractivity contribution in [2.45, 2.75) is 25.8 Å². The topological polar surface area (TPSA) is 84.5 Å². The third-order valence-corrected chi connectivity index (χ3v) is 4.32. The minimum Gasteiger partial charge on any atom is -0.469 e. The van der Waals surface area contributed by atoms with Crippen LogP contribution in [0.3, 0.4) is 0 Å². The quantitative estimate of drug-likeness (QED) is 0.656. The van der Waals surface area contributed by atoms with Crippen LogP contribution < -0.4 is 10.6 Å². The van der Waals surface area contributed by atoms with Gasteiger partial charge in [-0.15, -0.1) is 0 Å². The van der Waals surface area contributed by atoms with E-state index in [1.54, 1.807) is 24.3 Å². The lowest BCUT2D eigenvalue weighted by molar-refractivity contribution is -0.141. The number of hydrogen-bond acceptors (Lipinski definition) is 4. The molecule has 2 aromatic rings. The number of benzene rings is 2. The number of nitrogens with one attached hydrogen (secondary N) is 2. The van der Waals surface area contributed by atoms with Crippen molar-refractivity contribution in [3.63, 3.8) is 0 Å². The first-order valence-electron chi connectivity index (χ1n) is 8.35. The Bertz CT molecular complexity index is 821. The number of rotatable bonds is 7. The third kappa shape index (κ3) is 6.86. The van der Waals surface area contributed by atoms with Crippen molar-refractivity contribution < 1.29 is 19.1 Å². The maximum Gasteiger partial charge on any atom is 0.307 e. The van der Waals surface area contributed by atoms with Crippen molar-refractivity contribution in [1.82, 2.24) is 5.32 Å². The van der Waals surface area contributed by atoms with Crippen molar-refractivity contribution >= 4 is 39.4 Å². The standard InChI is InChI=1S/C20H21BrN2O4/c1-13(24)22-17-8-6-14(7-9-17)10-19(25)23-18(12-20(26)27-2)15-4-3-5-16(21)11-15/h3-9,11,18H,10,12H2,1-2H3,(H,22,24)(H,23,25). The van der Waals surface area contributed by atoms with Crippen molar-refractivity contribution in [2.75, 3.05) is 12.4 Å². The minimum atomic E-state index is -0.485. The number of amides is 2. The molecular weight excluding hydrogens is 412 g/mol. The third-order valence-electron chi connectivity index (χ3n) is 3.82. The average Bonchev–Trinajstić information content (AvgIpc) is 2.62. The Balaban J connectivity index is 2.06. The highest BCUT2D eigenvalue weighted by Gasteiger charge is 2.19. The van der Waals surface area contributed by atoms with Gasteiger partial charge in [0.15, 0.2) is 0 Å². The number of esters is 1. The number of halogens is 1. The molecule has 0 fully saturated rings. The fourth-order valence-electron chi connectivity index (χ4n) is 2.57. The summed E-state index contributed by atoms with van der Waals surface area (Å²) in [5.41, 5.74) is 2.28. The maximum atomic E-state index is 12.5. The molecule has 7 heteroatoms. The summed E-state index contributed by atoms with van der Waals surface area (Å²) in [6.07, 6.45) is 0.201. The zero-order valence-corrected chi connectivity index (χ0v) is 16.7. The summed E-state index contributed by atoms with van der Waals surface area (Å²) >= 11 is 3.40. The first-order chi connectivity index (χ1) is 12.9. The van der Waals surface area contributed by atoms with Gasteiger partial charge in [0.1, 0.15) is 0 Å². The Morgan fingerprint density at radius 1 is 1.11 bits per heavy atom. The van der Waals surface area contributed by atoms with Gasteiger partial charge < -0.3 is 15.4 Å². The fourth-order valence-corrected chi connectivity index (χ4v) is 2.98. The number of methoxy groups -OCH3 is 1. The average molecular weight is 433 g/mol. The molecule has 6 nitrogen and oxygen atoms in total. The van der Waals surface area contributed by atoms with Gasteiger partial charge in [0.05, 0.1) is 26.0 Å². The lowest BCUT2D eigenvalue weighted by Crippen LogP contribution is -2.31. The summed E-state index contributed by atoms with van der Waals surface area (Å²) in [6, 6.07) is 14.0. The molecule has 0 bridgehead atoms. The van der Waals surface area contributed by atoms with Crippen LogP contribution in [0, 0.1) is 0 Å². The largest absolute Gasteiger partial charge is 0.469 e. The molecule has 0 saturated heterocycles. The normalized spacial score (nSPS) is 11.4. The fraction of sp³-hybridized carbons (Fsp3) is 0.250. The molecule has 2 aromatic carbocycles. The molecule has 0 saturated carbocycles. The molecule has 2 N–H and O–H groups in total. The van der Waals surface area contributed by atoms with Crippen molar-refractivity contribution in [3.8, 4) is 0 Å². The zero-order valence-electron chi connectivity index (χ0n) is 15.1. The highest BCUT2D eigenvalue weighted by atomic mass is 79.9. The summed E-state index contributed by atoms with van der Waals surface area (Å²) in [5, 5.41) is 5.57. The zero-order chi connectivity index (χ0) is 19.8. The molecular formula is C20H21BrN2O4. The van der Waals surface area contributed by atoms with Gasteiger partial charge in [-0.25, -0.2) is 0 Å². The molecule has 0 aliphatic heterocycles.